The predicted molar refractivity (Wildman–Crippen MR) is 24.9 cm³/mol. The van der Waals surface area contributed by atoms with Crippen molar-refractivity contribution in [3.63, 3.8) is 0 Å². The number of hydrogen-bond acceptors (Lipinski definition) is 2. The Kier molecular flexibility index (Phi) is 5.38. The van der Waals surface area contributed by atoms with Gasteiger partial charge in [0, 0.05) is 0 Å². The molecule has 0 aliphatic heterocycles. The zero-order valence-electron chi connectivity index (χ0n) is 4.12. The number of rotatable bonds is 0. The largest absolute Gasteiger partial charge is 1.00 e. The molecule has 0 spiro atoms. The predicted octanol–water partition coefficient (Wildman–Crippen LogP) is -1.34. The van der Waals surface area contributed by atoms with Crippen molar-refractivity contribution in [2.24, 2.45) is 0 Å². The molecule has 36 valence electrons. The van der Waals surface area contributed by atoms with E-state index in [2.05, 4.69) is 0 Å². The third-order valence-electron chi connectivity index (χ3n) is 0. The van der Waals surface area contributed by atoms with Crippen LogP contribution in [0.1, 0.15) is 2.85 Å². The maximum atomic E-state index is 8.74. The fourth-order valence-electron chi connectivity index (χ4n) is 0. The molecule has 0 amide bonds. The first-order valence-electron chi connectivity index (χ1n) is 0.698. The SMILES string of the molecule is O=S(=O)(O)O.[CaH2].[H+].[H+]. The normalized spacial score (nSPS) is 9.67. The molecule has 0 aromatic rings. The van der Waals surface area contributed by atoms with Crippen LogP contribution >= 0.6 is 0 Å². The fourth-order valence-corrected chi connectivity index (χ4v) is 0. The summed E-state index contributed by atoms with van der Waals surface area (Å²) in [5.41, 5.74) is 0. The summed E-state index contributed by atoms with van der Waals surface area (Å²) in [5, 5.41) is 0. The molecule has 0 radical (unpaired) electrons. The molecule has 0 aromatic carbocycles. The third-order valence-corrected chi connectivity index (χ3v) is 0. The summed E-state index contributed by atoms with van der Waals surface area (Å²) in [5.74, 6) is 0. The summed E-state index contributed by atoms with van der Waals surface area (Å²) < 4.78 is 31.6. The average Bonchev–Trinajstić information content (AvgIpc) is 0.722. The quantitative estimate of drug-likeness (QED) is 0.324. The average molecular weight is 142 g/mol. The minimum absolute atomic E-state index is 0. The van der Waals surface area contributed by atoms with Gasteiger partial charge in [-0.1, -0.05) is 0 Å². The van der Waals surface area contributed by atoms with E-state index in [1.807, 2.05) is 0 Å². The van der Waals surface area contributed by atoms with E-state index in [1.165, 1.54) is 0 Å². The zero-order chi connectivity index (χ0) is 4.50. The van der Waals surface area contributed by atoms with Gasteiger partial charge in [-0.3, -0.25) is 9.11 Å². The van der Waals surface area contributed by atoms with Crippen LogP contribution in [0, 0.1) is 0 Å². The first kappa shape index (κ1) is 10.2. The first-order valence-corrected chi connectivity index (χ1v) is 2.10. The Morgan fingerprint density at radius 2 is 1.33 bits per heavy atom. The molecular formula is H6CaO4S+2. The smallest absolute Gasteiger partial charge is 1.00 e. The van der Waals surface area contributed by atoms with Gasteiger partial charge >= 0.3 is 51.0 Å². The van der Waals surface area contributed by atoms with Gasteiger partial charge in [-0.05, 0) is 0 Å². The van der Waals surface area contributed by atoms with E-state index in [0.29, 0.717) is 0 Å². The van der Waals surface area contributed by atoms with Gasteiger partial charge in [0.05, 0.1) is 0 Å². The van der Waals surface area contributed by atoms with E-state index >= 15 is 0 Å². The molecule has 6 heavy (non-hydrogen) atoms. The Morgan fingerprint density at radius 1 is 1.33 bits per heavy atom. The van der Waals surface area contributed by atoms with Crippen LogP contribution in [-0.2, 0) is 10.4 Å². The maximum Gasteiger partial charge on any atom is 1.00 e. The van der Waals surface area contributed by atoms with E-state index in [1.54, 1.807) is 0 Å². The van der Waals surface area contributed by atoms with Crippen LogP contribution in [0.15, 0.2) is 0 Å². The number of hydrogen-bond donors (Lipinski definition) is 2. The molecule has 0 rings (SSSR count). The van der Waals surface area contributed by atoms with E-state index in [9.17, 15) is 0 Å². The van der Waals surface area contributed by atoms with Crippen molar-refractivity contribution in [1.29, 1.82) is 0 Å². The summed E-state index contributed by atoms with van der Waals surface area (Å²) in [6.45, 7) is 0. The van der Waals surface area contributed by atoms with Gasteiger partial charge in [0.2, 0.25) is 0 Å². The van der Waals surface area contributed by atoms with Crippen LogP contribution in [0.3, 0.4) is 0 Å². The summed E-state index contributed by atoms with van der Waals surface area (Å²) >= 11 is 0. The molecule has 0 saturated heterocycles. The first-order chi connectivity index (χ1) is 2.00. The Balaban J connectivity index is -0.0000000267. The topological polar surface area (TPSA) is 74.6 Å². The van der Waals surface area contributed by atoms with Crippen LogP contribution < -0.4 is 0 Å². The maximum absolute atomic E-state index is 8.74. The molecule has 0 unspecified atom stereocenters. The van der Waals surface area contributed by atoms with Crippen molar-refractivity contribution < 1.29 is 20.4 Å². The molecule has 0 aliphatic carbocycles. The van der Waals surface area contributed by atoms with Gasteiger partial charge in [-0.25, -0.2) is 0 Å². The Bertz CT molecular complexity index is 97.2. The van der Waals surface area contributed by atoms with Crippen LogP contribution in [-0.4, -0.2) is 55.3 Å². The molecule has 2 N–H and O–H groups in total. The van der Waals surface area contributed by atoms with Gasteiger partial charge in [0.15, 0.2) is 0 Å². The Hall–Kier alpha value is 1.13. The summed E-state index contributed by atoms with van der Waals surface area (Å²) in [7, 11) is -4.67. The van der Waals surface area contributed by atoms with Crippen LogP contribution in [0.25, 0.3) is 0 Å². The Morgan fingerprint density at radius 3 is 1.33 bits per heavy atom. The van der Waals surface area contributed by atoms with Gasteiger partial charge in [-0.15, -0.1) is 0 Å². The van der Waals surface area contributed by atoms with Crippen molar-refractivity contribution >= 4 is 48.1 Å². The summed E-state index contributed by atoms with van der Waals surface area (Å²) in [6.07, 6.45) is 0. The molecule has 0 aromatic heterocycles. The standard InChI is InChI=1S/Ca.H2O4S.2H/c;1-5(2,3)4;;/h;(H2,1,2,3,4);;/p+2. The van der Waals surface area contributed by atoms with E-state index in [4.69, 9.17) is 17.5 Å². The fraction of sp³-hybridized carbons (Fsp3) is 0. The molecule has 0 bridgehead atoms. The summed E-state index contributed by atoms with van der Waals surface area (Å²) in [6, 6.07) is 0. The molecular weight excluding hydrogens is 136 g/mol. The molecule has 6 heteroatoms. The van der Waals surface area contributed by atoms with Gasteiger partial charge < -0.3 is 0 Å². The van der Waals surface area contributed by atoms with Gasteiger partial charge in [0.25, 0.3) is 0 Å². The molecule has 0 fully saturated rings. The van der Waals surface area contributed by atoms with E-state index in [-0.39, 0.29) is 40.6 Å². The monoisotopic (exact) mass is 142 g/mol. The molecule has 0 atom stereocenters. The van der Waals surface area contributed by atoms with Crippen molar-refractivity contribution in [1.82, 2.24) is 0 Å². The van der Waals surface area contributed by atoms with Crippen molar-refractivity contribution in [2.45, 2.75) is 0 Å². The van der Waals surface area contributed by atoms with Crippen LogP contribution in [0.5, 0.6) is 0 Å². The van der Waals surface area contributed by atoms with Crippen molar-refractivity contribution in [3.05, 3.63) is 0 Å². The Labute approximate surface area is 68.1 Å². The minimum atomic E-state index is -4.67. The molecule has 0 saturated carbocycles. The van der Waals surface area contributed by atoms with Crippen molar-refractivity contribution in [3.8, 4) is 0 Å². The van der Waals surface area contributed by atoms with Gasteiger partial charge in [-0.2, -0.15) is 8.42 Å². The third kappa shape index (κ3) is 68.5. The van der Waals surface area contributed by atoms with E-state index in [0.717, 1.165) is 0 Å². The minimum Gasteiger partial charge on any atom is 1.00 e. The molecule has 0 heterocycles. The van der Waals surface area contributed by atoms with Gasteiger partial charge in [0.1, 0.15) is 0 Å². The van der Waals surface area contributed by atoms with Crippen molar-refractivity contribution in [2.75, 3.05) is 0 Å². The second-order valence-corrected chi connectivity index (χ2v) is 1.34. The second-order valence-electron chi connectivity index (χ2n) is 0.448. The van der Waals surface area contributed by atoms with E-state index < -0.39 is 10.4 Å². The molecule has 0 aliphatic rings. The van der Waals surface area contributed by atoms with Crippen LogP contribution in [0.2, 0.25) is 0 Å². The second kappa shape index (κ2) is 3.17. The summed E-state index contributed by atoms with van der Waals surface area (Å²) in [4.78, 5) is 0. The molecule has 4 nitrogen and oxygen atoms in total. The zero-order valence-corrected chi connectivity index (χ0v) is 2.94. The van der Waals surface area contributed by atoms with Crippen LogP contribution in [0.4, 0.5) is 0 Å².